The van der Waals surface area contributed by atoms with Crippen LogP contribution in [0.3, 0.4) is 0 Å². The van der Waals surface area contributed by atoms with Gasteiger partial charge in [0.1, 0.15) is 5.82 Å². The summed E-state index contributed by atoms with van der Waals surface area (Å²) in [4.78, 5) is 21.9. The summed E-state index contributed by atoms with van der Waals surface area (Å²) in [5.41, 5.74) is -0.540. The summed E-state index contributed by atoms with van der Waals surface area (Å²) >= 11 is 2.66. The highest BCUT2D eigenvalue weighted by Crippen LogP contribution is 2.33. The van der Waals surface area contributed by atoms with Gasteiger partial charge in [-0.3, -0.25) is 9.59 Å². The molecule has 0 fully saturated rings. The Morgan fingerprint density at radius 3 is 2.57 bits per heavy atom. The Kier molecular flexibility index (Phi) is 1.88. The first-order chi connectivity index (χ1) is 6.52. The average Bonchev–Trinajstić information content (AvgIpc) is 2.42. The summed E-state index contributed by atoms with van der Waals surface area (Å²) in [5, 5.41) is 2.02. The van der Waals surface area contributed by atoms with Gasteiger partial charge in [-0.15, -0.1) is 0 Å². The molecule has 0 atom stereocenters. The third-order valence-corrected chi connectivity index (χ3v) is 2.58. The lowest BCUT2D eigenvalue weighted by molar-refractivity contribution is -0.112. The van der Waals surface area contributed by atoms with Gasteiger partial charge in [-0.25, -0.2) is 8.78 Å². The van der Waals surface area contributed by atoms with Crippen LogP contribution in [0.2, 0.25) is 0 Å². The molecule has 0 saturated carbocycles. The molecule has 0 radical (unpaired) electrons. The molecule has 0 spiro atoms. The van der Waals surface area contributed by atoms with Crippen molar-refractivity contribution in [3.8, 4) is 0 Å². The Morgan fingerprint density at radius 1 is 1.29 bits per heavy atom. The fourth-order valence-electron chi connectivity index (χ4n) is 1.19. The summed E-state index contributed by atoms with van der Waals surface area (Å²) in [5.74, 6) is -3.76. The first-order valence-electron chi connectivity index (χ1n) is 3.55. The standard InChI is InChI=1S/C8H2BrF2NO2/c9-4-3(10)1-2-6(5(4)11)12-8(14)7(2)13/h1H,(H,12,13,14). The third-order valence-electron chi connectivity index (χ3n) is 1.85. The molecule has 1 heterocycles. The normalized spacial score (nSPS) is 14.2. The van der Waals surface area contributed by atoms with Gasteiger partial charge in [-0.2, -0.15) is 0 Å². The molecule has 0 unspecified atom stereocenters. The number of hydrogen-bond acceptors (Lipinski definition) is 2. The van der Waals surface area contributed by atoms with Gasteiger partial charge < -0.3 is 5.32 Å². The number of amides is 1. The minimum Gasteiger partial charge on any atom is -0.316 e. The molecule has 0 aromatic heterocycles. The van der Waals surface area contributed by atoms with E-state index in [1.165, 1.54) is 0 Å². The Labute approximate surface area is 85.2 Å². The van der Waals surface area contributed by atoms with E-state index < -0.39 is 27.8 Å². The molecule has 1 N–H and O–H groups in total. The topological polar surface area (TPSA) is 46.2 Å². The summed E-state index contributed by atoms with van der Waals surface area (Å²) < 4.78 is 25.8. The van der Waals surface area contributed by atoms with E-state index in [4.69, 9.17) is 0 Å². The highest BCUT2D eigenvalue weighted by Gasteiger charge is 2.32. The van der Waals surface area contributed by atoms with Crippen LogP contribution in [0, 0.1) is 11.6 Å². The quantitative estimate of drug-likeness (QED) is 0.573. The predicted molar refractivity (Wildman–Crippen MR) is 47.0 cm³/mol. The van der Waals surface area contributed by atoms with Crippen LogP contribution in [0.1, 0.15) is 10.4 Å². The van der Waals surface area contributed by atoms with Gasteiger partial charge in [-0.05, 0) is 22.0 Å². The third kappa shape index (κ3) is 1.07. The second kappa shape index (κ2) is 2.84. The number of Topliss-reactive ketones (excluding diaryl/α,β-unsaturated/α-hetero) is 1. The van der Waals surface area contributed by atoms with Gasteiger partial charge >= 0.3 is 0 Å². The average molecular weight is 262 g/mol. The molecule has 0 bridgehead atoms. The Hall–Kier alpha value is -1.30. The molecule has 0 saturated heterocycles. The first kappa shape index (κ1) is 9.26. The second-order valence-corrected chi connectivity index (χ2v) is 3.49. The van der Waals surface area contributed by atoms with Crippen LogP contribution in [0.4, 0.5) is 14.5 Å². The molecular weight excluding hydrogens is 260 g/mol. The molecule has 1 aromatic rings. The number of anilines is 1. The number of nitrogens with one attached hydrogen (secondary N) is 1. The lowest BCUT2D eigenvalue weighted by Crippen LogP contribution is -2.12. The maximum absolute atomic E-state index is 13.3. The van der Waals surface area contributed by atoms with Gasteiger partial charge in [0.25, 0.3) is 11.7 Å². The number of benzene rings is 1. The fraction of sp³-hybridized carbons (Fsp3) is 0. The maximum atomic E-state index is 13.3. The van der Waals surface area contributed by atoms with E-state index in [0.717, 1.165) is 6.07 Å². The zero-order valence-electron chi connectivity index (χ0n) is 6.53. The zero-order chi connectivity index (χ0) is 10.5. The molecule has 14 heavy (non-hydrogen) atoms. The number of hydrogen-bond donors (Lipinski definition) is 1. The molecule has 1 aromatic carbocycles. The van der Waals surface area contributed by atoms with Gasteiger partial charge in [0, 0.05) is 0 Å². The Balaban J connectivity index is 2.76. The number of ketones is 1. The number of carbonyl (C=O) groups is 2. The van der Waals surface area contributed by atoms with Crippen LogP contribution in [0.5, 0.6) is 0 Å². The zero-order valence-corrected chi connectivity index (χ0v) is 8.11. The molecule has 1 aliphatic heterocycles. The molecule has 6 heteroatoms. The molecular formula is C8H2BrF2NO2. The highest BCUT2D eigenvalue weighted by molar-refractivity contribution is 9.10. The van der Waals surface area contributed by atoms with Crippen LogP contribution >= 0.6 is 15.9 Å². The van der Waals surface area contributed by atoms with Gasteiger partial charge in [0.05, 0.1) is 15.7 Å². The Morgan fingerprint density at radius 2 is 1.93 bits per heavy atom. The van der Waals surface area contributed by atoms with Gasteiger partial charge in [0.2, 0.25) is 0 Å². The van der Waals surface area contributed by atoms with Crippen molar-refractivity contribution in [1.29, 1.82) is 0 Å². The van der Waals surface area contributed by atoms with Crippen molar-refractivity contribution in [2.24, 2.45) is 0 Å². The van der Waals surface area contributed by atoms with Gasteiger partial charge in [0.15, 0.2) is 5.82 Å². The van der Waals surface area contributed by atoms with Crippen LogP contribution in [0.15, 0.2) is 10.5 Å². The summed E-state index contributed by atoms with van der Waals surface area (Å²) in [6.07, 6.45) is 0. The van der Waals surface area contributed by atoms with Crippen LogP contribution < -0.4 is 5.32 Å². The monoisotopic (exact) mass is 261 g/mol. The molecule has 72 valence electrons. The summed E-state index contributed by atoms with van der Waals surface area (Å²) in [7, 11) is 0. The van der Waals surface area contributed by atoms with E-state index in [2.05, 4.69) is 15.9 Å². The lowest BCUT2D eigenvalue weighted by atomic mass is 10.1. The van der Waals surface area contributed by atoms with Crippen molar-refractivity contribution in [3.63, 3.8) is 0 Å². The van der Waals surface area contributed by atoms with Gasteiger partial charge in [-0.1, -0.05) is 0 Å². The number of halogens is 3. The van der Waals surface area contributed by atoms with E-state index >= 15 is 0 Å². The van der Waals surface area contributed by atoms with Crippen LogP contribution in [-0.2, 0) is 4.79 Å². The van der Waals surface area contributed by atoms with E-state index in [1.807, 2.05) is 5.32 Å². The van der Waals surface area contributed by atoms with Crippen molar-refractivity contribution in [1.82, 2.24) is 0 Å². The largest absolute Gasteiger partial charge is 0.316 e. The molecule has 3 nitrogen and oxygen atoms in total. The molecule has 2 rings (SSSR count). The fourth-order valence-corrected chi connectivity index (χ4v) is 1.50. The molecule has 1 amide bonds. The van der Waals surface area contributed by atoms with Crippen molar-refractivity contribution < 1.29 is 18.4 Å². The highest BCUT2D eigenvalue weighted by atomic mass is 79.9. The smallest absolute Gasteiger partial charge is 0.296 e. The molecule has 1 aliphatic rings. The molecule has 0 aliphatic carbocycles. The summed E-state index contributed by atoms with van der Waals surface area (Å²) in [6, 6.07) is 0.822. The van der Waals surface area contributed by atoms with Crippen LogP contribution in [-0.4, -0.2) is 11.7 Å². The van der Waals surface area contributed by atoms with Crippen LogP contribution in [0.25, 0.3) is 0 Å². The van der Waals surface area contributed by atoms with Crippen molar-refractivity contribution in [3.05, 3.63) is 27.7 Å². The lowest BCUT2D eigenvalue weighted by Gasteiger charge is -2.02. The minimum absolute atomic E-state index is 0.270. The number of carbonyl (C=O) groups excluding carboxylic acids is 2. The Bertz CT molecular complexity index is 473. The van der Waals surface area contributed by atoms with E-state index in [1.54, 1.807) is 0 Å². The van der Waals surface area contributed by atoms with E-state index in [-0.39, 0.29) is 11.3 Å². The number of fused-ring (bicyclic) bond motifs is 1. The van der Waals surface area contributed by atoms with Crippen molar-refractivity contribution in [2.75, 3.05) is 5.32 Å². The number of rotatable bonds is 0. The minimum atomic E-state index is -0.973. The second-order valence-electron chi connectivity index (χ2n) is 2.69. The van der Waals surface area contributed by atoms with Crippen molar-refractivity contribution >= 4 is 33.3 Å². The predicted octanol–water partition coefficient (Wildman–Crippen LogP) is 1.86. The van der Waals surface area contributed by atoms with Crippen molar-refractivity contribution in [2.45, 2.75) is 0 Å². The summed E-state index contributed by atoms with van der Waals surface area (Å²) in [6.45, 7) is 0. The maximum Gasteiger partial charge on any atom is 0.296 e. The SMILES string of the molecule is O=C1Nc2c(cc(F)c(Br)c2F)C1=O. The first-order valence-corrected chi connectivity index (χ1v) is 4.35. The van der Waals surface area contributed by atoms with E-state index in [0.29, 0.717) is 0 Å². The van der Waals surface area contributed by atoms with E-state index in [9.17, 15) is 18.4 Å².